The molecule has 9 nitrogen and oxygen atoms in total. The maximum absolute atomic E-state index is 12.8. The molecule has 0 bridgehead atoms. The number of aryl methyl sites for hydroxylation is 2. The molecule has 0 unspecified atom stereocenters. The molecule has 0 aliphatic rings. The summed E-state index contributed by atoms with van der Waals surface area (Å²) < 4.78 is 38.9. The van der Waals surface area contributed by atoms with Gasteiger partial charge in [0.05, 0.1) is 23.1 Å². The maximum atomic E-state index is 12.8. The number of anilines is 3. The summed E-state index contributed by atoms with van der Waals surface area (Å²) in [6, 6.07) is 12.0. The van der Waals surface area contributed by atoms with Gasteiger partial charge in [0, 0.05) is 17.8 Å². The lowest BCUT2D eigenvalue weighted by atomic mass is 10.2. The summed E-state index contributed by atoms with van der Waals surface area (Å²) in [7, 11) is -2.29. The fourth-order valence-corrected chi connectivity index (χ4v) is 4.15. The fourth-order valence-electron chi connectivity index (χ4n) is 3.14. The van der Waals surface area contributed by atoms with Gasteiger partial charge in [-0.1, -0.05) is 31.1 Å². The number of fused-ring (bicyclic) bond motifs is 1. The minimum Gasteiger partial charge on any atom is -0.495 e. The first-order chi connectivity index (χ1) is 14.9. The van der Waals surface area contributed by atoms with Crippen LogP contribution in [-0.2, 0) is 22.9 Å². The van der Waals surface area contributed by atoms with E-state index in [1.54, 1.807) is 36.4 Å². The molecule has 4 aromatic rings. The molecule has 0 atom stereocenters. The first-order valence-corrected chi connectivity index (χ1v) is 11.3. The number of rotatable bonds is 8. The molecule has 0 aliphatic heterocycles. The Kier molecular flexibility index (Phi) is 5.55. The lowest BCUT2D eigenvalue weighted by Crippen LogP contribution is -2.13. The number of aromatic amines is 1. The van der Waals surface area contributed by atoms with Crippen LogP contribution in [0.2, 0.25) is 0 Å². The van der Waals surface area contributed by atoms with Crippen LogP contribution in [-0.4, -0.2) is 30.9 Å². The second kappa shape index (κ2) is 8.31. The molecule has 0 saturated carbocycles. The normalized spacial score (nSPS) is 11.6. The van der Waals surface area contributed by atoms with Gasteiger partial charge in [0.25, 0.3) is 10.0 Å². The lowest BCUT2D eigenvalue weighted by molar-refractivity contribution is 0.417. The van der Waals surface area contributed by atoms with Gasteiger partial charge in [0.1, 0.15) is 5.75 Å². The van der Waals surface area contributed by atoms with Crippen molar-refractivity contribution in [2.24, 2.45) is 0 Å². The van der Waals surface area contributed by atoms with E-state index in [1.807, 2.05) is 19.9 Å². The molecular formula is C21H23N5O4S. The van der Waals surface area contributed by atoms with Crippen molar-refractivity contribution in [3.05, 3.63) is 53.7 Å². The standard InChI is InChI=1S/C21H23N5O4S/c1-4-13-6-8-15(9-7-13)31(27,28)26-21-16-11-19(29-3)17(12-18(16)30-25-21)22-20-10-14(5-2)23-24-20/h6-12H,4-5H2,1-3H3,(H,25,26)(H2,22,23,24). The van der Waals surface area contributed by atoms with Gasteiger partial charge in [0.2, 0.25) is 0 Å². The Hall–Kier alpha value is -3.53. The zero-order valence-corrected chi connectivity index (χ0v) is 18.2. The molecule has 31 heavy (non-hydrogen) atoms. The molecule has 2 heterocycles. The highest BCUT2D eigenvalue weighted by Gasteiger charge is 2.20. The van der Waals surface area contributed by atoms with Crippen molar-refractivity contribution in [2.75, 3.05) is 17.1 Å². The van der Waals surface area contributed by atoms with Crippen LogP contribution in [0.25, 0.3) is 11.0 Å². The first kappa shape index (κ1) is 20.7. The Bertz CT molecular complexity index is 1310. The predicted molar refractivity (Wildman–Crippen MR) is 118 cm³/mol. The molecule has 0 radical (unpaired) electrons. The van der Waals surface area contributed by atoms with Crippen LogP contribution in [0.4, 0.5) is 17.3 Å². The van der Waals surface area contributed by atoms with Gasteiger partial charge in [-0.2, -0.15) is 5.10 Å². The van der Waals surface area contributed by atoms with Crippen LogP contribution in [0.1, 0.15) is 25.1 Å². The molecule has 2 aromatic carbocycles. The summed E-state index contributed by atoms with van der Waals surface area (Å²) in [6.07, 6.45) is 1.66. The molecule has 3 N–H and O–H groups in total. The van der Waals surface area contributed by atoms with Crippen molar-refractivity contribution in [3.8, 4) is 5.75 Å². The summed E-state index contributed by atoms with van der Waals surface area (Å²) in [5, 5.41) is 14.7. The number of H-pyrrole nitrogens is 1. The average molecular weight is 442 g/mol. The smallest absolute Gasteiger partial charge is 0.263 e. The summed E-state index contributed by atoms with van der Waals surface area (Å²) >= 11 is 0. The first-order valence-electron chi connectivity index (χ1n) is 9.84. The van der Waals surface area contributed by atoms with E-state index in [0.717, 1.165) is 24.1 Å². The summed E-state index contributed by atoms with van der Waals surface area (Å²) in [4.78, 5) is 0.149. The zero-order chi connectivity index (χ0) is 22.0. The van der Waals surface area contributed by atoms with Gasteiger partial charge in [0.15, 0.2) is 17.2 Å². The van der Waals surface area contributed by atoms with Crippen LogP contribution in [0.5, 0.6) is 5.75 Å². The maximum Gasteiger partial charge on any atom is 0.263 e. The number of sulfonamides is 1. The molecule has 10 heteroatoms. The van der Waals surface area contributed by atoms with Crippen LogP contribution < -0.4 is 14.8 Å². The number of aromatic nitrogens is 3. The Balaban J connectivity index is 1.65. The van der Waals surface area contributed by atoms with Crippen LogP contribution in [0, 0.1) is 0 Å². The van der Waals surface area contributed by atoms with Gasteiger partial charge in [-0.3, -0.25) is 9.82 Å². The number of nitrogens with one attached hydrogen (secondary N) is 3. The highest BCUT2D eigenvalue weighted by Crippen LogP contribution is 2.36. The van der Waals surface area contributed by atoms with Gasteiger partial charge >= 0.3 is 0 Å². The van der Waals surface area contributed by atoms with E-state index in [9.17, 15) is 8.42 Å². The predicted octanol–water partition coefficient (Wildman–Crippen LogP) is 4.23. The molecule has 0 fully saturated rings. The number of ether oxygens (including phenoxy) is 1. The highest BCUT2D eigenvalue weighted by atomic mass is 32.2. The van der Waals surface area contributed by atoms with Gasteiger partial charge < -0.3 is 14.6 Å². The molecular weight excluding hydrogens is 418 g/mol. The Morgan fingerprint density at radius 2 is 1.87 bits per heavy atom. The van der Waals surface area contributed by atoms with Crippen LogP contribution in [0.3, 0.4) is 0 Å². The summed E-state index contributed by atoms with van der Waals surface area (Å²) in [5.41, 5.74) is 3.06. The number of benzene rings is 2. The van der Waals surface area contributed by atoms with Gasteiger partial charge in [-0.15, -0.1) is 0 Å². The van der Waals surface area contributed by atoms with E-state index in [4.69, 9.17) is 9.26 Å². The van der Waals surface area contributed by atoms with Crippen LogP contribution >= 0.6 is 0 Å². The van der Waals surface area contributed by atoms with Crippen molar-refractivity contribution >= 4 is 38.3 Å². The molecule has 162 valence electrons. The Labute approximate surface area is 179 Å². The van der Waals surface area contributed by atoms with E-state index in [2.05, 4.69) is 25.4 Å². The minimum atomic E-state index is -3.82. The monoisotopic (exact) mass is 441 g/mol. The van der Waals surface area contributed by atoms with Gasteiger partial charge in [-0.25, -0.2) is 8.42 Å². The number of hydrogen-bond donors (Lipinski definition) is 3. The van der Waals surface area contributed by atoms with Crippen molar-refractivity contribution in [1.29, 1.82) is 0 Å². The second-order valence-electron chi connectivity index (χ2n) is 6.94. The third-order valence-corrected chi connectivity index (χ3v) is 6.29. The molecule has 4 rings (SSSR count). The van der Waals surface area contributed by atoms with E-state index in [-0.39, 0.29) is 10.7 Å². The summed E-state index contributed by atoms with van der Waals surface area (Å²) in [6.45, 7) is 4.04. The summed E-state index contributed by atoms with van der Waals surface area (Å²) in [5.74, 6) is 1.21. The third kappa shape index (κ3) is 4.19. The lowest BCUT2D eigenvalue weighted by Gasteiger charge is -2.10. The average Bonchev–Trinajstić information content (AvgIpc) is 3.39. The Morgan fingerprint density at radius 3 is 2.52 bits per heavy atom. The topological polar surface area (TPSA) is 122 Å². The molecule has 2 aromatic heterocycles. The van der Waals surface area contributed by atoms with Gasteiger partial charge in [-0.05, 0) is 36.6 Å². The largest absolute Gasteiger partial charge is 0.495 e. The molecule has 0 saturated heterocycles. The Morgan fingerprint density at radius 1 is 1.10 bits per heavy atom. The molecule has 0 amide bonds. The van der Waals surface area contributed by atoms with Crippen LogP contribution in [0.15, 0.2) is 51.9 Å². The highest BCUT2D eigenvalue weighted by molar-refractivity contribution is 7.92. The van der Waals surface area contributed by atoms with E-state index < -0.39 is 10.0 Å². The van der Waals surface area contributed by atoms with Crippen molar-refractivity contribution in [3.63, 3.8) is 0 Å². The molecule has 0 aliphatic carbocycles. The quantitative estimate of drug-likeness (QED) is 0.374. The third-order valence-electron chi connectivity index (χ3n) is 4.94. The van der Waals surface area contributed by atoms with Crippen molar-refractivity contribution in [1.82, 2.24) is 15.4 Å². The molecule has 0 spiro atoms. The number of methoxy groups -OCH3 is 1. The number of nitrogens with zero attached hydrogens (tertiary/aromatic N) is 2. The van der Waals surface area contributed by atoms with Crippen molar-refractivity contribution in [2.45, 2.75) is 31.6 Å². The van der Waals surface area contributed by atoms with Crippen molar-refractivity contribution < 1.29 is 17.7 Å². The zero-order valence-electron chi connectivity index (χ0n) is 17.4. The van der Waals surface area contributed by atoms with E-state index in [1.165, 1.54) is 7.11 Å². The second-order valence-corrected chi connectivity index (χ2v) is 8.62. The minimum absolute atomic E-state index is 0.0902. The fraction of sp³-hybridized carbons (Fsp3) is 0.238. The van der Waals surface area contributed by atoms with E-state index >= 15 is 0 Å². The SMILES string of the molecule is CCc1ccc(S(=O)(=O)Nc2noc3cc(Nc4cc(CC)[nH]n4)c(OC)cc23)cc1. The number of hydrogen-bond acceptors (Lipinski definition) is 7. The van der Waals surface area contributed by atoms with E-state index in [0.29, 0.717) is 28.2 Å².